The molecular weight excluding hydrogens is 374 g/mol. The van der Waals surface area contributed by atoms with E-state index in [1.807, 2.05) is 51.1 Å². The number of nitrogens with two attached hydrogens (primary N) is 1. The van der Waals surface area contributed by atoms with Gasteiger partial charge in [-0.3, -0.25) is 4.79 Å². The van der Waals surface area contributed by atoms with Crippen LogP contribution in [0, 0.1) is 0 Å². The minimum Gasteiger partial charge on any atom is -0.319 e. The quantitative estimate of drug-likeness (QED) is 0.691. The molecule has 3 aromatic rings. The van der Waals surface area contributed by atoms with Crippen LogP contribution in [-0.4, -0.2) is 24.9 Å². The van der Waals surface area contributed by atoms with Gasteiger partial charge in [-0.05, 0) is 23.8 Å². The fourth-order valence-corrected chi connectivity index (χ4v) is 3.04. The Morgan fingerprint density at radius 1 is 1.14 bits per heavy atom. The Morgan fingerprint density at radius 2 is 1.86 bits per heavy atom. The van der Waals surface area contributed by atoms with Gasteiger partial charge in [-0.15, -0.1) is 0 Å². The monoisotopic (exact) mass is 397 g/mol. The summed E-state index contributed by atoms with van der Waals surface area (Å²) in [5, 5.41) is 12.8. The Hall–Kier alpha value is -2.84. The van der Waals surface area contributed by atoms with Crippen LogP contribution >= 0.6 is 0 Å². The predicted octanol–water partition coefficient (Wildman–Crippen LogP) is 2.86. The molecule has 3 rings (SSSR count). The molecule has 7 nitrogen and oxygen atoms in total. The molecule has 1 atom stereocenters. The first kappa shape index (κ1) is 19.9. The van der Waals surface area contributed by atoms with Crippen LogP contribution in [0.2, 0.25) is 0 Å². The van der Waals surface area contributed by atoms with Crippen LogP contribution < -0.4 is 10.5 Å². The fourth-order valence-electron chi connectivity index (χ4n) is 2.58. The van der Waals surface area contributed by atoms with E-state index in [4.69, 9.17) is 5.14 Å². The Balaban J connectivity index is 1.92. The summed E-state index contributed by atoms with van der Waals surface area (Å²) in [6.07, 6.45) is 0. The van der Waals surface area contributed by atoms with Gasteiger partial charge in [0, 0.05) is 11.1 Å². The maximum Gasteiger partial charge on any atom is 0.293 e. The lowest BCUT2D eigenvalue weighted by molar-refractivity contribution is 0.101. The van der Waals surface area contributed by atoms with Crippen molar-refractivity contribution >= 4 is 22.6 Å². The second-order valence-corrected chi connectivity index (χ2v) is 8.50. The summed E-state index contributed by atoms with van der Waals surface area (Å²) < 4.78 is 13.1. The van der Waals surface area contributed by atoms with E-state index in [1.165, 1.54) is 0 Å². The van der Waals surface area contributed by atoms with Gasteiger partial charge in [-0.25, -0.2) is 19.0 Å². The van der Waals surface area contributed by atoms with Crippen LogP contribution in [0.5, 0.6) is 0 Å². The minimum atomic E-state index is -1.62. The third-order valence-electron chi connectivity index (χ3n) is 4.05. The van der Waals surface area contributed by atoms with Gasteiger partial charge in [-0.2, -0.15) is 5.10 Å². The number of benzene rings is 2. The zero-order valence-electron chi connectivity index (χ0n) is 16.0. The number of carbonyl (C=O) groups excluding carboxylic acids is 1. The highest BCUT2D eigenvalue weighted by Crippen LogP contribution is 2.20. The van der Waals surface area contributed by atoms with Crippen LogP contribution in [0.1, 0.15) is 42.8 Å². The SMILES string of the molecule is CC(C)(C)c1nc(C(=O)Nc2cccc(S(N)=O)c2)n(Cc2ccccc2)n1. The van der Waals surface area contributed by atoms with E-state index >= 15 is 0 Å². The molecule has 1 amide bonds. The first-order chi connectivity index (χ1) is 13.2. The van der Waals surface area contributed by atoms with Gasteiger partial charge < -0.3 is 5.32 Å². The second-order valence-electron chi connectivity index (χ2n) is 7.43. The third-order valence-corrected chi connectivity index (χ3v) is 4.76. The minimum absolute atomic E-state index is 0.216. The summed E-state index contributed by atoms with van der Waals surface area (Å²) in [6.45, 7) is 6.42. The number of nitrogens with zero attached hydrogens (tertiary/aromatic N) is 3. The topological polar surface area (TPSA) is 103 Å². The summed E-state index contributed by atoms with van der Waals surface area (Å²) >= 11 is 0. The number of aromatic nitrogens is 3. The molecule has 3 N–H and O–H groups in total. The van der Waals surface area contributed by atoms with Crippen molar-refractivity contribution in [3.8, 4) is 0 Å². The lowest BCUT2D eigenvalue weighted by Crippen LogP contribution is -2.19. The van der Waals surface area contributed by atoms with Crippen molar-refractivity contribution in [3.63, 3.8) is 0 Å². The lowest BCUT2D eigenvalue weighted by Gasteiger charge is -2.12. The van der Waals surface area contributed by atoms with E-state index in [-0.39, 0.29) is 17.1 Å². The normalized spacial score (nSPS) is 12.6. The summed E-state index contributed by atoms with van der Waals surface area (Å²) in [5.41, 5.74) is 1.21. The smallest absolute Gasteiger partial charge is 0.293 e. The van der Waals surface area contributed by atoms with Crippen molar-refractivity contribution in [2.45, 2.75) is 37.6 Å². The van der Waals surface area contributed by atoms with E-state index in [9.17, 15) is 9.00 Å². The van der Waals surface area contributed by atoms with E-state index in [0.29, 0.717) is 23.0 Å². The molecule has 0 aliphatic heterocycles. The molecule has 2 aromatic carbocycles. The molecule has 146 valence electrons. The molecule has 0 fully saturated rings. The number of amides is 1. The summed E-state index contributed by atoms with van der Waals surface area (Å²) in [7, 11) is -1.62. The fraction of sp³-hybridized carbons (Fsp3) is 0.250. The zero-order valence-corrected chi connectivity index (χ0v) is 16.9. The Labute approximate surface area is 166 Å². The van der Waals surface area contributed by atoms with E-state index in [0.717, 1.165) is 5.56 Å². The first-order valence-electron chi connectivity index (χ1n) is 8.81. The molecule has 28 heavy (non-hydrogen) atoms. The highest BCUT2D eigenvalue weighted by molar-refractivity contribution is 7.82. The number of hydrogen-bond acceptors (Lipinski definition) is 4. The summed E-state index contributed by atoms with van der Waals surface area (Å²) in [4.78, 5) is 17.8. The Kier molecular flexibility index (Phi) is 5.71. The highest BCUT2D eigenvalue weighted by atomic mass is 32.2. The predicted molar refractivity (Wildman–Crippen MR) is 109 cm³/mol. The van der Waals surface area contributed by atoms with Crippen molar-refractivity contribution in [1.29, 1.82) is 0 Å². The molecule has 0 radical (unpaired) electrons. The molecule has 0 bridgehead atoms. The van der Waals surface area contributed by atoms with Gasteiger partial charge >= 0.3 is 0 Å². The van der Waals surface area contributed by atoms with Gasteiger partial charge in [0.2, 0.25) is 5.82 Å². The van der Waals surface area contributed by atoms with Gasteiger partial charge in [0.1, 0.15) is 11.0 Å². The molecule has 0 saturated carbocycles. The summed E-state index contributed by atoms with van der Waals surface area (Å²) in [6, 6.07) is 16.4. The largest absolute Gasteiger partial charge is 0.319 e. The molecular formula is C20H23N5O2S. The number of hydrogen-bond donors (Lipinski definition) is 2. The molecule has 0 aliphatic rings. The molecule has 1 unspecified atom stereocenters. The highest BCUT2D eigenvalue weighted by Gasteiger charge is 2.25. The Morgan fingerprint density at radius 3 is 2.50 bits per heavy atom. The molecule has 0 saturated heterocycles. The van der Waals surface area contributed by atoms with E-state index < -0.39 is 11.0 Å². The third kappa shape index (κ3) is 4.71. The van der Waals surface area contributed by atoms with Gasteiger partial charge in [-0.1, -0.05) is 57.2 Å². The van der Waals surface area contributed by atoms with Crippen LogP contribution in [0.4, 0.5) is 5.69 Å². The van der Waals surface area contributed by atoms with Crippen LogP contribution in [-0.2, 0) is 22.9 Å². The van der Waals surface area contributed by atoms with Crippen molar-refractivity contribution in [2.24, 2.45) is 5.14 Å². The molecule has 1 aromatic heterocycles. The Bertz CT molecular complexity index is 1010. The number of rotatable bonds is 5. The summed E-state index contributed by atoms with van der Waals surface area (Å²) in [5.74, 6) is 0.414. The van der Waals surface area contributed by atoms with Crippen LogP contribution in [0.3, 0.4) is 0 Å². The van der Waals surface area contributed by atoms with Crippen molar-refractivity contribution in [2.75, 3.05) is 5.32 Å². The van der Waals surface area contributed by atoms with Crippen LogP contribution in [0.25, 0.3) is 0 Å². The maximum absolute atomic E-state index is 12.9. The van der Waals surface area contributed by atoms with Crippen molar-refractivity contribution in [1.82, 2.24) is 14.8 Å². The average Bonchev–Trinajstić information content (AvgIpc) is 3.07. The average molecular weight is 398 g/mol. The van der Waals surface area contributed by atoms with E-state index in [1.54, 1.807) is 28.9 Å². The number of anilines is 1. The standard InChI is InChI=1S/C20H23N5O2S/c1-20(2,3)19-23-17(25(24-19)13-14-8-5-4-6-9-14)18(26)22-15-10-7-11-16(12-15)28(21)27/h4-12H,13,21H2,1-3H3,(H,22,26). The molecule has 8 heteroatoms. The van der Waals surface area contributed by atoms with Gasteiger partial charge in [0.05, 0.1) is 11.4 Å². The molecule has 0 spiro atoms. The zero-order chi connectivity index (χ0) is 20.3. The van der Waals surface area contributed by atoms with Gasteiger partial charge in [0.25, 0.3) is 5.91 Å². The van der Waals surface area contributed by atoms with Crippen molar-refractivity contribution < 1.29 is 9.00 Å². The molecule has 1 heterocycles. The van der Waals surface area contributed by atoms with Crippen LogP contribution in [0.15, 0.2) is 59.5 Å². The first-order valence-corrected chi connectivity index (χ1v) is 10.0. The lowest BCUT2D eigenvalue weighted by atomic mass is 9.96. The van der Waals surface area contributed by atoms with Gasteiger partial charge in [0.15, 0.2) is 5.82 Å². The van der Waals surface area contributed by atoms with E-state index in [2.05, 4.69) is 15.4 Å². The van der Waals surface area contributed by atoms with Crippen molar-refractivity contribution in [3.05, 3.63) is 71.8 Å². The second kappa shape index (κ2) is 8.04. The molecule has 0 aliphatic carbocycles. The number of carbonyl (C=O) groups is 1. The number of nitrogens with one attached hydrogen (secondary N) is 1. The maximum atomic E-state index is 12.9.